The molecule has 3 N–H and O–H groups in total. The van der Waals surface area contributed by atoms with E-state index in [1.165, 1.54) is 24.9 Å². The molecule has 1 aliphatic heterocycles. The predicted molar refractivity (Wildman–Crippen MR) is 92.7 cm³/mol. The Morgan fingerprint density at radius 1 is 1.30 bits per heavy atom. The van der Waals surface area contributed by atoms with E-state index in [1.807, 2.05) is 0 Å². The van der Waals surface area contributed by atoms with E-state index in [0.717, 1.165) is 31.8 Å². The van der Waals surface area contributed by atoms with Gasteiger partial charge in [0.1, 0.15) is 0 Å². The molecule has 1 heterocycles. The Morgan fingerprint density at radius 2 is 2.09 bits per heavy atom. The first-order chi connectivity index (χ1) is 11.2. The van der Waals surface area contributed by atoms with Crippen LogP contribution in [0.15, 0.2) is 30.3 Å². The van der Waals surface area contributed by atoms with E-state index in [9.17, 15) is 4.79 Å². The van der Waals surface area contributed by atoms with Crippen molar-refractivity contribution in [2.75, 3.05) is 13.1 Å². The Labute approximate surface area is 139 Å². The van der Waals surface area contributed by atoms with Crippen molar-refractivity contribution in [2.24, 2.45) is 17.6 Å². The fourth-order valence-corrected chi connectivity index (χ4v) is 4.39. The molecule has 0 aromatic heterocycles. The second kappa shape index (κ2) is 7.45. The van der Waals surface area contributed by atoms with E-state index in [4.69, 9.17) is 5.73 Å². The molecule has 1 aromatic carbocycles. The van der Waals surface area contributed by atoms with E-state index < -0.39 is 0 Å². The van der Waals surface area contributed by atoms with Gasteiger partial charge in [0.2, 0.25) is 5.91 Å². The van der Waals surface area contributed by atoms with Gasteiger partial charge < -0.3 is 11.1 Å². The van der Waals surface area contributed by atoms with Gasteiger partial charge in [-0.15, -0.1) is 0 Å². The van der Waals surface area contributed by atoms with Crippen LogP contribution in [0.25, 0.3) is 0 Å². The maximum Gasteiger partial charge on any atom is 0.234 e. The molecule has 1 aromatic rings. The van der Waals surface area contributed by atoms with Crippen LogP contribution in [-0.2, 0) is 11.3 Å². The van der Waals surface area contributed by atoms with E-state index in [0.29, 0.717) is 12.0 Å². The summed E-state index contributed by atoms with van der Waals surface area (Å²) >= 11 is 0. The van der Waals surface area contributed by atoms with Crippen LogP contribution in [0.5, 0.6) is 0 Å². The summed E-state index contributed by atoms with van der Waals surface area (Å²) in [6.45, 7) is 5.46. The first kappa shape index (κ1) is 16.5. The molecule has 4 atom stereocenters. The van der Waals surface area contributed by atoms with Gasteiger partial charge >= 0.3 is 0 Å². The highest BCUT2D eigenvalue weighted by molar-refractivity contribution is 5.79. The van der Waals surface area contributed by atoms with Gasteiger partial charge in [0, 0.05) is 25.7 Å². The number of carbonyl (C=O) groups excluding carboxylic acids is 1. The monoisotopic (exact) mass is 315 g/mol. The minimum atomic E-state index is -0.200. The van der Waals surface area contributed by atoms with Crippen LogP contribution < -0.4 is 11.1 Å². The van der Waals surface area contributed by atoms with Crippen LogP contribution in [0.1, 0.15) is 38.2 Å². The fourth-order valence-electron chi connectivity index (χ4n) is 4.39. The molecule has 0 unspecified atom stereocenters. The number of likely N-dealkylation sites (tertiary alicyclic amines) is 1. The maximum atomic E-state index is 11.6. The molecule has 4 heteroatoms. The SMILES string of the molecule is CCC[C@H](N[C@H]1CC[C@@H]2CN(Cc3ccccc3)C[C@@H]21)C(N)=O. The molecule has 0 bridgehead atoms. The van der Waals surface area contributed by atoms with Crippen LogP contribution in [0.3, 0.4) is 0 Å². The average molecular weight is 315 g/mol. The van der Waals surface area contributed by atoms with Crippen molar-refractivity contribution >= 4 is 5.91 Å². The summed E-state index contributed by atoms with van der Waals surface area (Å²) in [6, 6.07) is 11.0. The molecule has 126 valence electrons. The summed E-state index contributed by atoms with van der Waals surface area (Å²) in [4.78, 5) is 14.2. The summed E-state index contributed by atoms with van der Waals surface area (Å²) in [7, 11) is 0. The van der Waals surface area contributed by atoms with E-state index >= 15 is 0 Å². The van der Waals surface area contributed by atoms with Crippen molar-refractivity contribution in [1.29, 1.82) is 0 Å². The highest BCUT2D eigenvalue weighted by atomic mass is 16.1. The van der Waals surface area contributed by atoms with Gasteiger partial charge in [-0.2, -0.15) is 0 Å². The van der Waals surface area contributed by atoms with Gasteiger partial charge in [-0.1, -0.05) is 43.7 Å². The number of benzene rings is 1. The molecule has 0 radical (unpaired) electrons. The van der Waals surface area contributed by atoms with E-state index in [1.54, 1.807) is 0 Å². The zero-order chi connectivity index (χ0) is 16.2. The van der Waals surface area contributed by atoms with Crippen molar-refractivity contribution in [2.45, 2.75) is 51.2 Å². The van der Waals surface area contributed by atoms with Crippen molar-refractivity contribution in [1.82, 2.24) is 10.2 Å². The first-order valence-corrected chi connectivity index (χ1v) is 8.99. The van der Waals surface area contributed by atoms with Gasteiger partial charge in [-0.05, 0) is 36.7 Å². The Kier molecular flexibility index (Phi) is 5.34. The normalized spacial score (nSPS) is 28.7. The minimum absolute atomic E-state index is 0.160. The number of fused-ring (bicyclic) bond motifs is 1. The Balaban J connectivity index is 1.57. The Hall–Kier alpha value is -1.39. The van der Waals surface area contributed by atoms with Crippen molar-refractivity contribution in [3.63, 3.8) is 0 Å². The molecule has 0 spiro atoms. The topological polar surface area (TPSA) is 58.4 Å². The van der Waals surface area contributed by atoms with Crippen molar-refractivity contribution < 1.29 is 4.79 Å². The number of hydrogen-bond acceptors (Lipinski definition) is 3. The average Bonchev–Trinajstić information content (AvgIpc) is 3.09. The van der Waals surface area contributed by atoms with Crippen molar-refractivity contribution in [3.05, 3.63) is 35.9 Å². The third-order valence-electron chi connectivity index (χ3n) is 5.52. The molecule has 23 heavy (non-hydrogen) atoms. The number of nitrogens with one attached hydrogen (secondary N) is 1. The quantitative estimate of drug-likeness (QED) is 0.810. The Bertz CT molecular complexity index is 519. The molecule has 2 fully saturated rings. The number of nitrogens with two attached hydrogens (primary N) is 1. The van der Waals surface area contributed by atoms with Gasteiger partial charge in [-0.25, -0.2) is 0 Å². The minimum Gasteiger partial charge on any atom is -0.368 e. The lowest BCUT2D eigenvalue weighted by Gasteiger charge is -2.25. The maximum absolute atomic E-state index is 11.6. The number of rotatable bonds is 7. The molecule has 1 aliphatic carbocycles. The smallest absolute Gasteiger partial charge is 0.234 e. The largest absolute Gasteiger partial charge is 0.368 e. The van der Waals surface area contributed by atoms with Crippen LogP contribution in [-0.4, -0.2) is 36.0 Å². The fraction of sp³-hybridized carbons (Fsp3) is 0.632. The molecular weight excluding hydrogens is 286 g/mol. The lowest BCUT2D eigenvalue weighted by molar-refractivity contribution is -0.120. The van der Waals surface area contributed by atoms with Gasteiger partial charge in [0.05, 0.1) is 6.04 Å². The molecule has 1 amide bonds. The standard InChI is InChI=1S/C19H29N3O/c1-2-6-18(19(20)23)21-17-10-9-15-12-22(13-16(15)17)11-14-7-4-3-5-8-14/h3-5,7-8,15-18,21H,2,6,9-13H2,1H3,(H2,20,23)/t15-,16+,17+,18+/m1/s1. The van der Waals surface area contributed by atoms with E-state index in [-0.39, 0.29) is 11.9 Å². The van der Waals surface area contributed by atoms with Crippen LogP contribution in [0.2, 0.25) is 0 Å². The zero-order valence-electron chi connectivity index (χ0n) is 14.1. The molecule has 3 rings (SSSR count). The van der Waals surface area contributed by atoms with Crippen LogP contribution in [0.4, 0.5) is 0 Å². The zero-order valence-corrected chi connectivity index (χ0v) is 14.1. The molecular formula is C19H29N3O. The highest BCUT2D eigenvalue weighted by Gasteiger charge is 2.43. The Morgan fingerprint density at radius 3 is 2.78 bits per heavy atom. The predicted octanol–water partition coefficient (Wildman–Crippen LogP) is 2.14. The second-order valence-electron chi connectivity index (χ2n) is 7.20. The lowest BCUT2D eigenvalue weighted by atomic mass is 9.96. The first-order valence-electron chi connectivity index (χ1n) is 8.99. The number of amides is 1. The molecule has 4 nitrogen and oxygen atoms in total. The van der Waals surface area contributed by atoms with Gasteiger partial charge in [-0.3, -0.25) is 9.69 Å². The molecule has 2 aliphatic rings. The highest BCUT2D eigenvalue weighted by Crippen LogP contribution is 2.39. The number of carbonyl (C=O) groups is 1. The second-order valence-corrected chi connectivity index (χ2v) is 7.20. The van der Waals surface area contributed by atoms with Crippen LogP contribution in [0, 0.1) is 11.8 Å². The van der Waals surface area contributed by atoms with Crippen molar-refractivity contribution in [3.8, 4) is 0 Å². The van der Waals surface area contributed by atoms with Gasteiger partial charge in [0.15, 0.2) is 0 Å². The summed E-state index contributed by atoms with van der Waals surface area (Å²) in [6.07, 6.45) is 4.28. The lowest BCUT2D eigenvalue weighted by Crippen LogP contribution is -2.48. The third kappa shape index (κ3) is 3.93. The van der Waals surface area contributed by atoms with E-state index in [2.05, 4.69) is 47.5 Å². The van der Waals surface area contributed by atoms with Gasteiger partial charge in [0.25, 0.3) is 0 Å². The summed E-state index contributed by atoms with van der Waals surface area (Å²) < 4.78 is 0. The molecule has 1 saturated heterocycles. The number of nitrogens with zero attached hydrogens (tertiary/aromatic N) is 1. The third-order valence-corrected chi connectivity index (χ3v) is 5.52. The molecule has 1 saturated carbocycles. The van der Waals surface area contributed by atoms with Crippen LogP contribution >= 0.6 is 0 Å². The number of primary amides is 1. The summed E-state index contributed by atoms with van der Waals surface area (Å²) in [5.41, 5.74) is 6.94. The summed E-state index contributed by atoms with van der Waals surface area (Å²) in [5.74, 6) is 1.23. The number of hydrogen-bond donors (Lipinski definition) is 2. The summed E-state index contributed by atoms with van der Waals surface area (Å²) in [5, 5.41) is 3.57.